The summed E-state index contributed by atoms with van der Waals surface area (Å²) in [5.41, 5.74) is 33.1. The molecule has 8 aromatic heterocycles. The summed E-state index contributed by atoms with van der Waals surface area (Å²) in [5.74, 6) is 1.93. The number of hydrogen-bond acceptors (Lipinski definition) is 11. The van der Waals surface area contributed by atoms with Crippen molar-refractivity contribution in [1.82, 2.24) is 39.5 Å². The fourth-order valence-corrected chi connectivity index (χ4v) is 6.95. The Balaban J connectivity index is 0.000000191. The molecule has 0 amide bonds. The highest BCUT2D eigenvalue weighted by Crippen LogP contribution is 2.35. The molecule has 0 aliphatic carbocycles. The number of anilines is 4. The molecule has 55 heavy (non-hydrogen) atoms. The number of aromatic amines is 1. The molecule has 0 atom stereocenters. The maximum Gasteiger partial charge on any atom is 0.142 e. The summed E-state index contributed by atoms with van der Waals surface area (Å²) in [4.78, 5) is 28.7. The fourth-order valence-electron chi connectivity index (χ4n) is 6.19. The Morgan fingerprint density at radius 1 is 0.582 bits per heavy atom. The number of halogens is 1. The van der Waals surface area contributed by atoms with Gasteiger partial charge in [0.15, 0.2) is 0 Å². The van der Waals surface area contributed by atoms with Crippen molar-refractivity contribution in [3.63, 3.8) is 0 Å². The van der Waals surface area contributed by atoms with E-state index in [1.54, 1.807) is 31.0 Å². The van der Waals surface area contributed by atoms with Crippen molar-refractivity contribution in [1.29, 1.82) is 0 Å². The number of nitrogens with zero attached hydrogens (tertiary/aromatic N) is 7. The molecular weight excluding hydrogens is 728 g/mol. The highest BCUT2D eigenvalue weighted by molar-refractivity contribution is 6.76. The predicted molar refractivity (Wildman–Crippen MR) is 228 cm³/mol. The standard InChI is InChI=1S/C23H28N6OSi.C17H14N6.ClH/c1-31(2,3)11-10-30-15-29-20(17-5-8-27-22(25)13-17)14-19-18(6-9-28-23(19)29)16-4-7-26-21(24)12-16;18-15-7-10(1-4-20-15)12-3-6-22-17-13(12)9-14(23-17)11-2-5-21-16(19)8-11;/h4-9,12-14H,10-11,15H2,1-3H3,(H2,24,26)(H2,25,27);1-9H,(H2,18,20)(H2,19,21)(H,22,23);1H. The number of nitrogens with two attached hydrogens (primary N) is 4. The summed E-state index contributed by atoms with van der Waals surface area (Å²) in [6.45, 7) is 8.19. The van der Waals surface area contributed by atoms with Crippen molar-refractivity contribution in [3.8, 4) is 44.8 Å². The molecule has 8 heterocycles. The van der Waals surface area contributed by atoms with Gasteiger partial charge in [-0.05, 0) is 101 Å². The van der Waals surface area contributed by atoms with Crippen LogP contribution in [0.15, 0.2) is 110 Å². The maximum atomic E-state index is 6.10. The smallest absolute Gasteiger partial charge is 0.142 e. The van der Waals surface area contributed by atoms with E-state index in [4.69, 9.17) is 27.7 Å². The highest BCUT2D eigenvalue weighted by atomic mass is 35.5. The minimum absolute atomic E-state index is 0. The van der Waals surface area contributed by atoms with Crippen LogP contribution in [0.2, 0.25) is 25.7 Å². The second kappa shape index (κ2) is 16.3. The third-order valence-corrected chi connectivity index (χ3v) is 10.6. The first-order valence-electron chi connectivity index (χ1n) is 17.4. The summed E-state index contributed by atoms with van der Waals surface area (Å²) >= 11 is 0. The quantitative estimate of drug-likeness (QED) is 0.0703. The minimum Gasteiger partial charge on any atom is -0.384 e. The van der Waals surface area contributed by atoms with Crippen LogP contribution in [0.5, 0.6) is 0 Å². The fraction of sp³-hybridized carbons (Fsp3) is 0.150. The Morgan fingerprint density at radius 2 is 1.07 bits per heavy atom. The minimum atomic E-state index is -1.17. The van der Waals surface area contributed by atoms with Gasteiger partial charge in [-0.25, -0.2) is 29.9 Å². The van der Waals surface area contributed by atoms with Crippen molar-refractivity contribution >= 4 is 65.8 Å². The number of H-pyrrole nitrogens is 1. The van der Waals surface area contributed by atoms with Gasteiger partial charge in [0.25, 0.3) is 0 Å². The second-order valence-electron chi connectivity index (χ2n) is 14.1. The lowest BCUT2D eigenvalue weighted by Crippen LogP contribution is -2.22. The summed E-state index contributed by atoms with van der Waals surface area (Å²) in [5, 5.41) is 2.04. The van der Waals surface area contributed by atoms with E-state index in [1.807, 2.05) is 66.9 Å². The van der Waals surface area contributed by atoms with E-state index in [2.05, 4.69) is 71.2 Å². The molecule has 0 spiro atoms. The van der Waals surface area contributed by atoms with E-state index in [-0.39, 0.29) is 12.4 Å². The lowest BCUT2D eigenvalue weighted by molar-refractivity contribution is 0.0909. The number of fused-ring (bicyclic) bond motifs is 2. The van der Waals surface area contributed by atoms with Crippen molar-refractivity contribution in [2.75, 3.05) is 29.5 Å². The van der Waals surface area contributed by atoms with Crippen LogP contribution in [0.25, 0.3) is 66.8 Å². The van der Waals surface area contributed by atoms with Crippen LogP contribution < -0.4 is 22.9 Å². The Morgan fingerprint density at radius 3 is 1.65 bits per heavy atom. The van der Waals surface area contributed by atoms with E-state index in [1.165, 1.54) is 0 Å². The van der Waals surface area contributed by atoms with Gasteiger partial charge in [0, 0.05) is 79.5 Å². The Hall–Kier alpha value is -6.35. The zero-order valence-electron chi connectivity index (χ0n) is 30.8. The van der Waals surface area contributed by atoms with Gasteiger partial charge < -0.3 is 37.2 Å². The molecule has 15 heteroatoms. The zero-order chi connectivity index (χ0) is 37.8. The molecule has 0 saturated heterocycles. The van der Waals surface area contributed by atoms with Gasteiger partial charge in [-0.2, -0.15) is 0 Å². The van der Waals surface area contributed by atoms with E-state index in [0.717, 1.165) is 79.5 Å². The summed E-state index contributed by atoms with van der Waals surface area (Å²) < 4.78 is 8.20. The van der Waals surface area contributed by atoms with E-state index < -0.39 is 8.07 Å². The summed E-state index contributed by atoms with van der Waals surface area (Å²) in [6.07, 6.45) is 10.4. The van der Waals surface area contributed by atoms with Gasteiger partial charge in [0.2, 0.25) is 0 Å². The molecule has 0 unspecified atom stereocenters. The largest absolute Gasteiger partial charge is 0.384 e. The van der Waals surface area contributed by atoms with Crippen LogP contribution >= 0.6 is 12.4 Å². The summed E-state index contributed by atoms with van der Waals surface area (Å²) in [7, 11) is -1.17. The number of rotatable bonds is 9. The van der Waals surface area contributed by atoms with Gasteiger partial charge in [-0.1, -0.05) is 19.6 Å². The Labute approximate surface area is 325 Å². The van der Waals surface area contributed by atoms with Gasteiger partial charge in [-0.3, -0.25) is 0 Å². The molecule has 8 rings (SSSR count). The first-order chi connectivity index (χ1) is 26.0. The lowest BCUT2D eigenvalue weighted by atomic mass is 10.0. The van der Waals surface area contributed by atoms with Crippen LogP contribution in [0.3, 0.4) is 0 Å². The topological polar surface area (TPSA) is 211 Å². The molecule has 0 radical (unpaired) electrons. The van der Waals surface area contributed by atoms with Crippen LogP contribution in [0.4, 0.5) is 23.3 Å². The van der Waals surface area contributed by atoms with E-state index >= 15 is 0 Å². The molecule has 280 valence electrons. The number of hydrogen-bond donors (Lipinski definition) is 5. The van der Waals surface area contributed by atoms with Crippen LogP contribution in [0.1, 0.15) is 0 Å². The molecule has 0 saturated carbocycles. The molecule has 0 aliphatic rings. The normalized spacial score (nSPS) is 11.3. The van der Waals surface area contributed by atoms with E-state index in [0.29, 0.717) is 30.0 Å². The SMILES string of the molecule is C[Si](C)(C)CCOCn1c(-c2ccnc(N)c2)cc2c(-c3ccnc(N)c3)ccnc21.Cl.Nc1cc(-c2cc3c(-c4ccnc(N)c4)ccnc3[nH]2)ccn1. The van der Waals surface area contributed by atoms with Crippen molar-refractivity contribution in [3.05, 3.63) is 110 Å². The average Bonchev–Trinajstić information content (AvgIpc) is 3.76. The van der Waals surface area contributed by atoms with Crippen LogP contribution in [0, 0.1) is 0 Å². The molecule has 0 aliphatic heterocycles. The van der Waals surface area contributed by atoms with Crippen molar-refractivity contribution in [2.24, 2.45) is 0 Å². The first kappa shape index (κ1) is 38.4. The number of nitrogens with one attached hydrogen (secondary N) is 1. The Kier molecular flexibility index (Phi) is 11.4. The molecular formula is C40H43ClN12OSi. The third kappa shape index (κ3) is 8.89. The molecule has 0 fully saturated rings. The summed E-state index contributed by atoms with van der Waals surface area (Å²) in [6, 6.07) is 24.4. The van der Waals surface area contributed by atoms with Gasteiger partial charge in [-0.15, -0.1) is 12.4 Å². The number of ether oxygens (including phenoxy) is 1. The molecule has 0 bridgehead atoms. The highest BCUT2D eigenvalue weighted by Gasteiger charge is 2.18. The number of pyridine rings is 6. The third-order valence-electron chi connectivity index (χ3n) is 8.90. The van der Waals surface area contributed by atoms with E-state index in [9.17, 15) is 0 Å². The molecule has 0 aromatic carbocycles. The second-order valence-corrected chi connectivity index (χ2v) is 19.7. The molecule has 8 aromatic rings. The monoisotopic (exact) mass is 770 g/mol. The number of aromatic nitrogens is 8. The van der Waals surface area contributed by atoms with Crippen LogP contribution in [-0.2, 0) is 11.5 Å². The first-order valence-corrected chi connectivity index (χ1v) is 21.1. The maximum absolute atomic E-state index is 6.10. The molecule has 13 nitrogen and oxygen atoms in total. The molecule has 9 N–H and O–H groups in total. The average molecular weight is 771 g/mol. The van der Waals surface area contributed by atoms with Gasteiger partial charge in [0.05, 0.1) is 5.69 Å². The van der Waals surface area contributed by atoms with Crippen LogP contribution in [-0.4, -0.2) is 54.1 Å². The Bertz CT molecular complexity index is 2580. The lowest BCUT2D eigenvalue weighted by Gasteiger charge is -2.17. The van der Waals surface area contributed by atoms with Crippen molar-refractivity contribution < 1.29 is 4.74 Å². The van der Waals surface area contributed by atoms with Gasteiger partial charge in [0.1, 0.15) is 41.3 Å². The van der Waals surface area contributed by atoms with Gasteiger partial charge >= 0.3 is 0 Å². The number of nitrogen functional groups attached to an aromatic ring is 4. The predicted octanol–water partition coefficient (Wildman–Crippen LogP) is 7.91. The van der Waals surface area contributed by atoms with Crippen molar-refractivity contribution in [2.45, 2.75) is 32.4 Å². The zero-order valence-corrected chi connectivity index (χ0v) is 32.6.